The molecule has 3 aromatic rings. The first-order valence-electron chi connectivity index (χ1n) is 9.94. The van der Waals surface area contributed by atoms with E-state index in [1.54, 1.807) is 6.07 Å². The number of β-amino-alcohol motifs (C(OH)–C–C–N with tert-alkyl or cyclic N) is 1. The number of methoxy groups -OCH3 is 1. The summed E-state index contributed by atoms with van der Waals surface area (Å²) in [7, 11) is 1.46. The van der Waals surface area contributed by atoms with Crippen LogP contribution in [0.3, 0.4) is 0 Å². The zero-order chi connectivity index (χ0) is 20.4. The molecule has 0 amide bonds. The summed E-state index contributed by atoms with van der Waals surface area (Å²) in [5.74, 6) is -0.192. The van der Waals surface area contributed by atoms with E-state index in [4.69, 9.17) is 9.84 Å². The third-order valence-corrected chi connectivity index (χ3v) is 5.45. The summed E-state index contributed by atoms with van der Waals surface area (Å²) >= 11 is 0. The zero-order valence-corrected chi connectivity index (χ0v) is 16.8. The number of hydrogen-bond donors (Lipinski definition) is 1. The first kappa shape index (κ1) is 19.6. The van der Waals surface area contributed by atoms with E-state index in [1.165, 1.54) is 13.2 Å². The number of nitrogens with zero attached hydrogens (tertiary/aromatic N) is 3. The first-order valence-corrected chi connectivity index (χ1v) is 9.94. The van der Waals surface area contributed by atoms with Gasteiger partial charge < -0.3 is 9.84 Å². The molecule has 4 rings (SSSR count). The van der Waals surface area contributed by atoms with E-state index in [0.29, 0.717) is 18.7 Å². The van der Waals surface area contributed by atoms with Crippen LogP contribution in [0.25, 0.3) is 16.9 Å². The van der Waals surface area contributed by atoms with Gasteiger partial charge in [-0.05, 0) is 56.1 Å². The number of piperidine rings is 1. The Morgan fingerprint density at radius 1 is 1.24 bits per heavy atom. The summed E-state index contributed by atoms with van der Waals surface area (Å²) < 4.78 is 21.3. The van der Waals surface area contributed by atoms with Crippen molar-refractivity contribution < 1.29 is 14.2 Å². The molecular formula is C23H26FN3O2. The minimum Gasteiger partial charge on any atom is -0.494 e. The quantitative estimate of drug-likeness (QED) is 0.711. The van der Waals surface area contributed by atoms with Crippen LogP contribution in [0.15, 0.2) is 48.7 Å². The molecule has 0 bridgehead atoms. The largest absolute Gasteiger partial charge is 0.494 e. The van der Waals surface area contributed by atoms with Crippen LogP contribution in [0.4, 0.5) is 4.39 Å². The van der Waals surface area contributed by atoms with Gasteiger partial charge in [-0.2, -0.15) is 5.10 Å². The lowest BCUT2D eigenvalue weighted by atomic mass is 10.0. The van der Waals surface area contributed by atoms with Gasteiger partial charge in [-0.25, -0.2) is 9.07 Å². The van der Waals surface area contributed by atoms with Crippen molar-refractivity contribution in [3.8, 4) is 22.7 Å². The smallest absolute Gasteiger partial charge is 0.165 e. The highest BCUT2D eigenvalue weighted by molar-refractivity contribution is 5.64. The summed E-state index contributed by atoms with van der Waals surface area (Å²) in [4.78, 5) is 2.23. The maximum atomic E-state index is 14.4. The molecule has 29 heavy (non-hydrogen) atoms. The van der Waals surface area contributed by atoms with E-state index in [0.717, 1.165) is 41.9 Å². The molecule has 5 nitrogen and oxygen atoms in total. The number of aliphatic hydroxyl groups excluding tert-OH is 1. The van der Waals surface area contributed by atoms with Gasteiger partial charge in [0.05, 0.1) is 24.6 Å². The standard InChI is InChI=1S/C23H26FN3O2/c1-16-6-3-4-8-21(16)27-14-18(13-26-11-5-7-19(28)15-26)23(25-27)17-9-10-22(29-2)20(24)12-17/h3-4,6,8-10,12,14,19,28H,5,7,11,13,15H2,1-2H3. The van der Waals surface area contributed by atoms with Gasteiger partial charge in [0.15, 0.2) is 11.6 Å². The molecule has 0 aliphatic carbocycles. The van der Waals surface area contributed by atoms with Gasteiger partial charge in [0, 0.05) is 30.4 Å². The van der Waals surface area contributed by atoms with Crippen LogP contribution >= 0.6 is 0 Å². The van der Waals surface area contributed by atoms with Crippen molar-refractivity contribution in [1.82, 2.24) is 14.7 Å². The predicted octanol–water partition coefficient (Wildman–Crippen LogP) is 3.95. The van der Waals surface area contributed by atoms with Crippen LogP contribution in [0.2, 0.25) is 0 Å². The molecule has 1 unspecified atom stereocenters. The number of aliphatic hydroxyl groups is 1. The average molecular weight is 395 g/mol. The van der Waals surface area contributed by atoms with E-state index in [1.807, 2.05) is 48.1 Å². The second-order valence-electron chi connectivity index (χ2n) is 7.61. The van der Waals surface area contributed by atoms with E-state index < -0.39 is 5.82 Å². The fraction of sp³-hybridized carbons (Fsp3) is 0.348. The van der Waals surface area contributed by atoms with Gasteiger partial charge in [0.1, 0.15) is 0 Å². The molecule has 2 aromatic carbocycles. The lowest BCUT2D eigenvalue weighted by molar-refractivity contribution is 0.0669. The predicted molar refractivity (Wildman–Crippen MR) is 111 cm³/mol. The van der Waals surface area contributed by atoms with Gasteiger partial charge in [-0.3, -0.25) is 4.90 Å². The molecule has 152 valence electrons. The third kappa shape index (κ3) is 4.18. The topological polar surface area (TPSA) is 50.5 Å². The van der Waals surface area contributed by atoms with Crippen molar-refractivity contribution in [2.24, 2.45) is 0 Å². The highest BCUT2D eigenvalue weighted by Gasteiger charge is 2.21. The van der Waals surface area contributed by atoms with Crippen molar-refractivity contribution in [3.63, 3.8) is 0 Å². The van der Waals surface area contributed by atoms with Gasteiger partial charge >= 0.3 is 0 Å². The minimum absolute atomic E-state index is 0.216. The Morgan fingerprint density at radius 3 is 2.79 bits per heavy atom. The van der Waals surface area contributed by atoms with E-state index in [-0.39, 0.29) is 11.9 Å². The van der Waals surface area contributed by atoms with Gasteiger partial charge in [-0.15, -0.1) is 0 Å². The van der Waals surface area contributed by atoms with Crippen molar-refractivity contribution in [3.05, 3.63) is 65.6 Å². The molecular weight excluding hydrogens is 369 g/mol. The molecule has 1 N–H and O–H groups in total. The van der Waals surface area contributed by atoms with Crippen molar-refractivity contribution in [2.75, 3.05) is 20.2 Å². The number of aryl methyl sites for hydroxylation is 1. The fourth-order valence-corrected chi connectivity index (χ4v) is 3.94. The molecule has 1 saturated heterocycles. The minimum atomic E-state index is -0.408. The molecule has 0 spiro atoms. The molecule has 0 saturated carbocycles. The van der Waals surface area contributed by atoms with Crippen LogP contribution in [0.5, 0.6) is 5.75 Å². The molecule has 0 radical (unpaired) electrons. The molecule has 1 atom stereocenters. The van der Waals surface area contributed by atoms with Crippen LogP contribution in [0, 0.1) is 12.7 Å². The monoisotopic (exact) mass is 395 g/mol. The Morgan fingerprint density at radius 2 is 2.07 bits per heavy atom. The van der Waals surface area contributed by atoms with Crippen LogP contribution in [0.1, 0.15) is 24.0 Å². The molecule has 6 heteroatoms. The first-order chi connectivity index (χ1) is 14.0. The third-order valence-electron chi connectivity index (χ3n) is 5.45. The lowest BCUT2D eigenvalue weighted by Crippen LogP contribution is -2.37. The summed E-state index contributed by atoms with van der Waals surface area (Å²) in [5.41, 5.74) is 4.57. The molecule has 1 aromatic heterocycles. The second-order valence-corrected chi connectivity index (χ2v) is 7.61. The summed E-state index contributed by atoms with van der Waals surface area (Å²) in [6.07, 6.45) is 3.53. The molecule has 1 fully saturated rings. The SMILES string of the molecule is COc1ccc(-c2nn(-c3ccccc3C)cc2CN2CCCC(O)C2)cc1F. The Labute approximate surface area is 170 Å². The summed E-state index contributed by atoms with van der Waals surface area (Å²) in [6.45, 7) is 4.28. The Balaban J connectivity index is 1.75. The Kier molecular flexibility index (Phi) is 5.65. The van der Waals surface area contributed by atoms with Gasteiger partial charge in [0.25, 0.3) is 0 Å². The normalized spacial score (nSPS) is 17.4. The fourth-order valence-electron chi connectivity index (χ4n) is 3.94. The number of benzene rings is 2. The van der Waals surface area contributed by atoms with E-state index in [2.05, 4.69) is 4.90 Å². The average Bonchev–Trinajstić information content (AvgIpc) is 3.11. The number of aromatic nitrogens is 2. The number of para-hydroxylation sites is 1. The molecule has 2 heterocycles. The van der Waals surface area contributed by atoms with Crippen LogP contribution in [-0.4, -0.2) is 46.1 Å². The van der Waals surface area contributed by atoms with Crippen molar-refractivity contribution in [2.45, 2.75) is 32.4 Å². The van der Waals surface area contributed by atoms with Gasteiger partial charge in [0.2, 0.25) is 0 Å². The van der Waals surface area contributed by atoms with Crippen molar-refractivity contribution >= 4 is 0 Å². The highest BCUT2D eigenvalue weighted by atomic mass is 19.1. The van der Waals surface area contributed by atoms with E-state index >= 15 is 0 Å². The molecule has 1 aliphatic heterocycles. The second kappa shape index (κ2) is 8.35. The van der Waals surface area contributed by atoms with Crippen molar-refractivity contribution in [1.29, 1.82) is 0 Å². The summed E-state index contributed by atoms with van der Waals surface area (Å²) in [6, 6.07) is 13.0. The maximum absolute atomic E-state index is 14.4. The molecule has 1 aliphatic rings. The number of ether oxygens (including phenoxy) is 1. The number of rotatable bonds is 5. The van der Waals surface area contributed by atoms with Crippen LogP contribution < -0.4 is 4.74 Å². The van der Waals surface area contributed by atoms with Gasteiger partial charge in [-0.1, -0.05) is 18.2 Å². The Bertz CT molecular complexity index is 1000. The van der Waals surface area contributed by atoms with E-state index in [9.17, 15) is 9.50 Å². The Hall–Kier alpha value is -2.70. The lowest BCUT2D eigenvalue weighted by Gasteiger charge is -2.29. The maximum Gasteiger partial charge on any atom is 0.165 e. The summed E-state index contributed by atoms with van der Waals surface area (Å²) in [5, 5.41) is 14.8. The number of likely N-dealkylation sites (tertiary alicyclic amines) is 1. The zero-order valence-electron chi connectivity index (χ0n) is 16.8. The highest BCUT2D eigenvalue weighted by Crippen LogP contribution is 2.29. The van der Waals surface area contributed by atoms with Crippen LogP contribution in [-0.2, 0) is 6.54 Å². The number of hydrogen-bond acceptors (Lipinski definition) is 4. The number of halogens is 1.